The third kappa shape index (κ3) is 4.97. The standard InChI is InChI=1S/C20H21F2N5/c1-4-15-6-5-7-17(24-15)20-26-18(23-12(2)3)11-19(27-20)25-16-9-13(21)8-14(22)10-16/h5-12H,4H2,1-3H3,(H2,23,25,26,27). The van der Waals surface area contributed by atoms with E-state index in [0.29, 0.717) is 23.2 Å². The molecule has 3 rings (SSSR count). The number of benzene rings is 1. The van der Waals surface area contributed by atoms with Gasteiger partial charge < -0.3 is 10.6 Å². The van der Waals surface area contributed by atoms with E-state index in [0.717, 1.165) is 18.2 Å². The highest BCUT2D eigenvalue weighted by Crippen LogP contribution is 2.23. The second kappa shape index (κ2) is 8.07. The Morgan fingerprint density at radius 2 is 1.63 bits per heavy atom. The van der Waals surface area contributed by atoms with Crippen LogP contribution in [0.25, 0.3) is 11.5 Å². The van der Waals surface area contributed by atoms with Crippen LogP contribution in [0.3, 0.4) is 0 Å². The van der Waals surface area contributed by atoms with Gasteiger partial charge in [-0.15, -0.1) is 0 Å². The van der Waals surface area contributed by atoms with Gasteiger partial charge in [0.05, 0.1) is 0 Å². The molecule has 5 nitrogen and oxygen atoms in total. The average molecular weight is 369 g/mol. The van der Waals surface area contributed by atoms with E-state index < -0.39 is 11.6 Å². The Hall–Kier alpha value is -3.09. The van der Waals surface area contributed by atoms with Crippen molar-refractivity contribution >= 4 is 17.3 Å². The third-order valence-corrected chi connectivity index (χ3v) is 3.70. The number of rotatable bonds is 6. The molecule has 0 atom stereocenters. The predicted molar refractivity (Wildman–Crippen MR) is 103 cm³/mol. The molecule has 0 radical (unpaired) electrons. The molecule has 1 aromatic carbocycles. The topological polar surface area (TPSA) is 62.7 Å². The highest BCUT2D eigenvalue weighted by Gasteiger charge is 2.11. The van der Waals surface area contributed by atoms with Crippen LogP contribution in [0.5, 0.6) is 0 Å². The van der Waals surface area contributed by atoms with E-state index >= 15 is 0 Å². The van der Waals surface area contributed by atoms with Crippen LogP contribution < -0.4 is 10.6 Å². The van der Waals surface area contributed by atoms with E-state index in [1.54, 1.807) is 6.07 Å². The molecule has 0 saturated heterocycles. The van der Waals surface area contributed by atoms with E-state index in [4.69, 9.17) is 0 Å². The largest absolute Gasteiger partial charge is 0.368 e. The lowest BCUT2D eigenvalue weighted by Gasteiger charge is -2.13. The second-order valence-corrected chi connectivity index (χ2v) is 6.41. The molecule has 2 heterocycles. The minimum absolute atomic E-state index is 0.155. The first-order chi connectivity index (χ1) is 12.9. The Bertz CT molecular complexity index is 923. The van der Waals surface area contributed by atoms with Gasteiger partial charge in [0.15, 0.2) is 5.82 Å². The first kappa shape index (κ1) is 18.7. The number of anilines is 3. The Balaban J connectivity index is 2.01. The van der Waals surface area contributed by atoms with Crippen molar-refractivity contribution in [2.24, 2.45) is 0 Å². The molecule has 140 valence electrons. The van der Waals surface area contributed by atoms with Crippen molar-refractivity contribution in [3.05, 3.63) is 59.8 Å². The zero-order chi connectivity index (χ0) is 19.4. The fraction of sp³-hybridized carbons (Fsp3) is 0.250. The lowest BCUT2D eigenvalue weighted by Crippen LogP contribution is -2.12. The number of pyridine rings is 1. The molecular weight excluding hydrogens is 348 g/mol. The van der Waals surface area contributed by atoms with E-state index in [-0.39, 0.29) is 11.7 Å². The molecule has 3 aromatic rings. The molecule has 0 saturated carbocycles. The molecule has 0 unspecified atom stereocenters. The molecule has 2 aromatic heterocycles. The Kier molecular flexibility index (Phi) is 5.59. The van der Waals surface area contributed by atoms with E-state index in [2.05, 4.69) is 25.6 Å². The predicted octanol–water partition coefficient (Wildman–Crippen LogP) is 4.94. The zero-order valence-corrected chi connectivity index (χ0v) is 15.4. The van der Waals surface area contributed by atoms with Crippen molar-refractivity contribution in [3.63, 3.8) is 0 Å². The van der Waals surface area contributed by atoms with Gasteiger partial charge in [-0.25, -0.2) is 23.7 Å². The molecule has 0 bridgehead atoms. The Labute approximate surface area is 156 Å². The fourth-order valence-corrected chi connectivity index (χ4v) is 2.57. The summed E-state index contributed by atoms with van der Waals surface area (Å²) in [6, 6.07) is 10.8. The summed E-state index contributed by atoms with van der Waals surface area (Å²) in [6.45, 7) is 6.01. The van der Waals surface area contributed by atoms with Gasteiger partial charge in [0, 0.05) is 29.6 Å². The smallest absolute Gasteiger partial charge is 0.182 e. The van der Waals surface area contributed by atoms with Crippen molar-refractivity contribution in [1.29, 1.82) is 0 Å². The van der Waals surface area contributed by atoms with Crippen molar-refractivity contribution in [1.82, 2.24) is 15.0 Å². The van der Waals surface area contributed by atoms with E-state index in [1.807, 2.05) is 39.0 Å². The maximum Gasteiger partial charge on any atom is 0.182 e. The van der Waals surface area contributed by atoms with Crippen molar-refractivity contribution in [2.75, 3.05) is 10.6 Å². The van der Waals surface area contributed by atoms with Crippen LogP contribution in [0, 0.1) is 11.6 Å². The summed E-state index contributed by atoms with van der Waals surface area (Å²) < 4.78 is 26.9. The van der Waals surface area contributed by atoms with Gasteiger partial charge >= 0.3 is 0 Å². The second-order valence-electron chi connectivity index (χ2n) is 6.41. The van der Waals surface area contributed by atoms with Crippen LogP contribution in [0.4, 0.5) is 26.1 Å². The van der Waals surface area contributed by atoms with Crippen molar-refractivity contribution in [2.45, 2.75) is 33.2 Å². The van der Waals surface area contributed by atoms with Gasteiger partial charge in [-0.3, -0.25) is 0 Å². The molecule has 2 N–H and O–H groups in total. The van der Waals surface area contributed by atoms with Crippen LogP contribution in [0.15, 0.2) is 42.5 Å². The summed E-state index contributed by atoms with van der Waals surface area (Å²) in [5.74, 6) is 0.111. The number of aromatic nitrogens is 3. The summed E-state index contributed by atoms with van der Waals surface area (Å²) in [4.78, 5) is 13.6. The Morgan fingerprint density at radius 3 is 2.30 bits per heavy atom. The molecule has 27 heavy (non-hydrogen) atoms. The summed E-state index contributed by atoms with van der Waals surface area (Å²) in [6.07, 6.45) is 0.797. The third-order valence-electron chi connectivity index (χ3n) is 3.70. The first-order valence-electron chi connectivity index (χ1n) is 8.78. The average Bonchev–Trinajstić information content (AvgIpc) is 2.60. The molecule has 0 fully saturated rings. The Morgan fingerprint density at radius 1 is 0.926 bits per heavy atom. The maximum atomic E-state index is 13.5. The highest BCUT2D eigenvalue weighted by atomic mass is 19.1. The maximum absolute atomic E-state index is 13.5. The molecule has 0 aliphatic rings. The van der Waals surface area contributed by atoms with Gasteiger partial charge in [-0.05, 0) is 44.5 Å². The van der Waals surface area contributed by atoms with Gasteiger partial charge in [0.25, 0.3) is 0 Å². The minimum Gasteiger partial charge on any atom is -0.368 e. The van der Waals surface area contributed by atoms with Crippen LogP contribution in [-0.4, -0.2) is 21.0 Å². The van der Waals surface area contributed by atoms with Gasteiger partial charge in [-0.1, -0.05) is 13.0 Å². The lowest BCUT2D eigenvalue weighted by atomic mass is 10.2. The molecule has 0 amide bonds. The summed E-state index contributed by atoms with van der Waals surface area (Å²) in [5, 5.41) is 6.16. The number of aryl methyl sites for hydroxylation is 1. The van der Waals surface area contributed by atoms with E-state index in [9.17, 15) is 8.78 Å². The van der Waals surface area contributed by atoms with Gasteiger partial charge in [0.1, 0.15) is 29.0 Å². The van der Waals surface area contributed by atoms with Crippen molar-refractivity contribution in [3.8, 4) is 11.5 Å². The van der Waals surface area contributed by atoms with Crippen LogP contribution in [0.1, 0.15) is 26.5 Å². The van der Waals surface area contributed by atoms with Crippen LogP contribution >= 0.6 is 0 Å². The number of nitrogens with zero attached hydrogens (tertiary/aromatic N) is 3. The van der Waals surface area contributed by atoms with E-state index in [1.165, 1.54) is 12.1 Å². The number of halogens is 2. The minimum atomic E-state index is -0.662. The van der Waals surface area contributed by atoms with Gasteiger partial charge in [0.2, 0.25) is 0 Å². The summed E-state index contributed by atoms with van der Waals surface area (Å²) in [7, 11) is 0. The number of nitrogens with one attached hydrogen (secondary N) is 2. The SMILES string of the molecule is CCc1cccc(-c2nc(Nc3cc(F)cc(F)c3)cc(NC(C)C)n2)n1. The molecule has 0 spiro atoms. The molecule has 0 aliphatic heterocycles. The number of hydrogen-bond acceptors (Lipinski definition) is 5. The van der Waals surface area contributed by atoms with Crippen molar-refractivity contribution < 1.29 is 8.78 Å². The zero-order valence-electron chi connectivity index (χ0n) is 15.4. The van der Waals surface area contributed by atoms with Gasteiger partial charge in [-0.2, -0.15) is 0 Å². The molecular formula is C20H21F2N5. The number of hydrogen-bond donors (Lipinski definition) is 2. The molecule has 0 aliphatic carbocycles. The molecule has 7 heteroatoms. The summed E-state index contributed by atoms with van der Waals surface area (Å²) >= 11 is 0. The van der Waals surface area contributed by atoms with Crippen LogP contribution in [0.2, 0.25) is 0 Å². The highest BCUT2D eigenvalue weighted by molar-refractivity contribution is 5.63. The summed E-state index contributed by atoms with van der Waals surface area (Å²) in [5.41, 5.74) is 1.83. The fourth-order valence-electron chi connectivity index (χ4n) is 2.57. The van der Waals surface area contributed by atoms with Crippen LogP contribution in [-0.2, 0) is 6.42 Å². The quantitative estimate of drug-likeness (QED) is 0.644. The first-order valence-corrected chi connectivity index (χ1v) is 8.78. The normalized spacial score (nSPS) is 10.9. The lowest BCUT2D eigenvalue weighted by molar-refractivity contribution is 0.584. The monoisotopic (exact) mass is 369 g/mol.